The lowest BCUT2D eigenvalue weighted by molar-refractivity contribution is -0.147. The molecule has 0 spiro atoms. The van der Waals surface area contributed by atoms with Crippen molar-refractivity contribution >= 4 is 5.91 Å². The van der Waals surface area contributed by atoms with Crippen LogP contribution in [0.25, 0.3) is 0 Å². The van der Waals surface area contributed by atoms with Crippen LogP contribution in [0.3, 0.4) is 0 Å². The normalized spacial score (nSPS) is 20.3. The number of hydrogen-bond acceptors (Lipinski definition) is 3. The lowest BCUT2D eigenvalue weighted by atomic mass is 9.63. The van der Waals surface area contributed by atoms with Crippen molar-refractivity contribution in [2.75, 3.05) is 13.1 Å². The average molecular weight is 300 g/mol. The molecule has 1 saturated heterocycles. The van der Waals surface area contributed by atoms with E-state index in [1.165, 1.54) is 12.1 Å². The van der Waals surface area contributed by atoms with Crippen LogP contribution in [0, 0.1) is 5.82 Å². The van der Waals surface area contributed by atoms with Crippen molar-refractivity contribution in [3.63, 3.8) is 0 Å². The van der Waals surface area contributed by atoms with Crippen molar-refractivity contribution in [2.24, 2.45) is 0 Å². The fraction of sp³-hybridized carbons (Fsp3) is 0.438. The molecule has 1 aromatic heterocycles. The molecule has 0 atom stereocenters. The van der Waals surface area contributed by atoms with Crippen molar-refractivity contribution in [1.29, 1.82) is 0 Å². The molecule has 0 unspecified atom stereocenters. The Kier molecular flexibility index (Phi) is 2.99. The maximum absolute atomic E-state index is 13.5. The lowest BCUT2D eigenvalue weighted by Gasteiger charge is -2.48. The number of benzene rings is 1. The van der Waals surface area contributed by atoms with E-state index < -0.39 is 5.41 Å². The standard InChI is InChI=1S/C16H17FN4O/c17-13-4-1-3-12(9-13)16(5-2-6-16)15(22)20-10-14(11-20)21-8-7-18-19-21/h1,3-4,7-9,14H,2,5-6,10-11H2. The summed E-state index contributed by atoms with van der Waals surface area (Å²) in [5.41, 5.74) is 0.295. The number of hydrogen-bond donors (Lipinski definition) is 0. The summed E-state index contributed by atoms with van der Waals surface area (Å²) in [4.78, 5) is 14.8. The topological polar surface area (TPSA) is 51.0 Å². The van der Waals surface area contributed by atoms with E-state index in [0.29, 0.717) is 13.1 Å². The molecule has 1 aliphatic carbocycles. The Hall–Kier alpha value is -2.24. The minimum absolute atomic E-state index is 0.126. The molecule has 4 rings (SSSR count). The molecule has 0 bridgehead atoms. The van der Waals surface area contributed by atoms with Gasteiger partial charge in [0.15, 0.2) is 0 Å². The van der Waals surface area contributed by atoms with E-state index in [-0.39, 0.29) is 17.8 Å². The molecule has 1 amide bonds. The first-order chi connectivity index (χ1) is 10.7. The van der Waals surface area contributed by atoms with Crippen LogP contribution in [-0.2, 0) is 10.2 Å². The third-order valence-electron chi connectivity index (χ3n) is 4.96. The zero-order valence-corrected chi connectivity index (χ0v) is 12.2. The number of carbonyl (C=O) groups excluding carboxylic acids is 1. The minimum Gasteiger partial charge on any atom is -0.337 e. The Bertz CT molecular complexity index is 690. The van der Waals surface area contributed by atoms with Crippen LogP contribution in [0.4, 0.5) is 4.39 Å². The number of carbonyl (C=O) groups is 1. The first-order valence-electron chi connectivity index (χ1n) is 7.60. The van der Waals surface area contributed by atoms with Crippen molar-refractivity contribution in [2.45, 2.75) is 30.7 Å². The highest BCUT2D eigenvalue weighted by molar-refractivity contribution is 5.90. The Morgan fingerprint density at radius 1 is 1.32 bits per heavy atom. The number of halogens is 1. The summed E-state index contributed by atoms with van der Waals surface area (Å²) in [5, 5.41) is 7.77. The van der Waals surface area contributed by atoms with Gasteiger partial charge < -0.3 is 4.90 Å². The molecular weight excluding hydrogens is 283 g/mol. The van der Waals surface area contributed by atoms with E-state index >= 15 is 0 Å². The van der Waals surface area contributed by atoms with Gasteiger partial charge in [-0.2, -0.15) is 0 Å². The number of likely N-dealkylation sites (tertiary alicyclic amines) is 1. The van der Waals surface area contributed by atoms with Crippen LogP contribution < -0.4 is 0 Å². The second-order valence-corrected chi connectivity index (χ2v) is 6.19. The molecule has 5 nitrogen and oxygen atoms in total. The number of amides is 1. The van der Waals surface area contributed by atoms with Gasteiger partial charge in [0.25, 0.3) is 0 Å². The maximum atomic E-state index is 13.5. The Balaban J connectivity index is 1.52. The summed E-state index contributed by atoms with van der Waals surface area (Å²) in [6, 6.07) is 6.69. The van der Waals surface area contributed by atoms with Crippen LogP contribution in [0.15, 0.2) is 36.7 Å². The van der Waals surface area contributed by atoms with Gasteiger partial charge in [-0.05, 0) is 30.5 Å². The zero-order valence-electron chi connectivity index (χ0n) is 12.2. The van der Waals surface area contributed by atoms with E-state index in [2.05, 4.69) is 10.3 Å². The van der Waals surface area contributed by atoms with Crippen LogP contribution in [0.2, 0.25) is 0 Å². The predicted octanol–water partition coefficient (Wildman–Crippen LogP) is 1.92. The van der Waals surface area contributed by atoms with Crippen molar-refractivity contribution in [3.8, 4) is 0 Å². The fourth-order valence-electron chi connectivity index (χ4n) is 3.45. The van der Waals surface area contributed by atoms with E-state index in [1.807, 2.05) is 17.2 Å². The lowest BCUT2D eigenvalue weighted by Crippen LogP contribution is -2.59. The molecular formula is C16H17FN4O. The highest BCUT2D eigenvalue weighted by atomic mass is 19.1. The maximum Gasteiger partial charge on any atom is 0.233 e. The summed E-state index contributed by atoms with van der Waals surface area (Å²) in [6.07, 6.45) is 6.09. The SMILES string of the molecule is O=C(N1CC(n2ccnn2)C1)C1(c2cccc(F)c2)CCC1. The smallest absolute Gasteiger partial charge is 0.233 e. The minimum atomic E-state index is -0.518. The van der Waals surface area contributed by atoms with Gasteiger partial charge in [-0.25, -0.2) is 9.07 Å². The second-order valence-electron chi connectivity index (χ2n) is 6.19. The van der Waals surface area contributed by atoms with Gasteiger partial charge in [0.2, 0.25) is 5.91 Å². The van der Waals surface area contributed by atoms with Crippen LogP contribution in [-0.4, -0.2) is 38.9 Å². The molecule has 6 heteroatoms. The molecule has 2 aliphatic rings. The van der Waals surface area contributed by atoms with E-state index in [9.17, 15) is 9.18 Å². The molecule has 0 radical (unpaired) electrons. The molecule has 22 heavy (non-hydrogen) atoms. The van der Waals surface area contributed by atoms with Gasteiger partial charge in [-0.1, -0.05) is 23.8 Å². The third-order valence-corrected chi connectivity index (χ3v) is 4.96. The molecule has 114 valence electrons. The van der Waals surface area contributed by atoms with Gasteiger partial charge in [0, 0.05) is 19.3 Å². The molecule has 2 fully saturated rings. The average Bonchev–Trinajstić information content (AvgIpc) is 2.89. The number of rotatable bonds is 3. The first-order valence-corrected chi connectivity index (χ1v) is 7.60. The Labute approximate surface area is 127 Å². The Morgan fingerprint density at radius 3 is 2.73 bits per heavy atom. The van der Waals surface area contributed by atoms with Gasteiger partial charge in [-0.3, -0.25) is 4.79 Å². The molecule has 1 saturated carbocycles. The molecule has 0 N–H and O–H groups in total. The van der Waals surface area contributed by atoms with Crippen LogP contribution >= 0.6 is 0 Å². The molecule has 1 aliphatic heterocycles. The summed E-state index contributed by atoms with van der Waals surface area (Å²) < 4.78 is 15.3. The predicted molar refractivity (Wildman–Crippen MR) is 77.6 cm³/mol. The van der Waals surface area contributed by atoms with E-state index in [0.717, 1.165) is 24.8 Å². The monoisotopic (exact) mass is 300 g/mol. The molecule has 2 aromatic rings. The third kappa shape index (κ3) is 1.94. The summed E-state index contributed by atoms with van der Waals surface area (Å²) in [5.74, 6) is -0.151. The summed E-state index contributed by atoms with van der Waals surface area (Å²) in [6.45, 7) is 1.30. The largest absolute Gasteiger partial charge is 0.337 e. The summed E-state index contributed by atoms with van der Waals surface area (Å²) in [7, 11) is 0. The highest BCUT2D eigenvalue weighted by Crippen LogP contribution is 2.46. The van der Waals surface area contributed by atoms with Crippen LogP contribution in [0.5, 0.6) is 0 Å². The summed E-state index contributed by atoms with van der Waals surface area (Å²) >= 11 is 0. The van der Waals surface area contributed by atoms with Gasteiger partial charge >= 0.3 is 0 Å². The number of nitrogens with zero attached hydrogens (tertiary/aromatic N) is 4. The van der Waals surface area contributed by atoms with Crippen LogP contribution in [0.1, 0.15) is 30.9 Å². The highest BCUT2D eigenvalue weighted by Gasteiger charge is 2.50. The first kappa shape index (κ1) is 13.4. The van der Waals surface area contributed by atoms with Crippen molar-refractivity contribution < 1.29 is 9.18 Å². The van der Waals surface area contributed by atoms with Gasteiger partial charge in [0.05, 0.1) is 17.7 Å². The van der Waals surface area contributed by atoms with E-state index in [4.69, 9.17) is 0 Å². The molecule has 2 heterocycles. The number of aromatic nitrogens is 3. The fourth-order valence-corrected chi connectivity index (χ4v) is 3.45. The quantitative estimate of drug-likeness (QED) is 0.870. The zero-order chi connectivity index (χ0) is 15.2. The van der Waals surface area contributed by atoms with Gasteiger partial charge in [-0.15, -0.1) is 5.10 Å². The van der Waals surface area contributed by atoms with Crippen molar-refractivity contribution in [1.82, 2.24) is 19.9 Å². The van der Waals surface area contributed by atoms with E-state index in [1.54, 1.807) is 16.9 Å². The molecule has 1 aromatic carbocycles. The Morgan fingerprint density at radius 2 is 2.14 bits per heavy atom. The van der Waals surface area contributed by atoms with Crippen molar-refractivity contribution in [3.05, 3.63) is 48.0 Å². The van der Waals surface area contributed by atoms with Gasteiger partial charge in [0.1, 0.15) is 5.82 Å². The second kappa shape index (κ2) is 4.90.